The van der Waals surface area contributed by atoms with Crippen molar-refractivity contribution < 1.29 is 9.53 Å². The number of rotatable bonds is 2. The van der Waals surface area contributed by atoms with E-state index in [9.17, 15) is 4.79 Å². The predicted octanol–water partition coefficient (Wildman–Crippen LogP) is 2.33. The third kappa shape index (κ3) is 1.70. The summed E-state index contributed by atoms with van der Waals surface area (Å²) in [5.74, 6) is 0.249. The number of Topliss-reactive ketones (excluding diaryl/α,β-unsaturated/α-hetero) is 1. The molecule has 14 heavy (non-hydrogen) atoms. The van der Waals surface area contributed by atoms with Gasteiger partial charge < -0.3 is 4.74 Å². The quantitative estimate of drug-likeness (QED) is 0.760. The first-order chi connectivity index (χ1) is 6.79. The molecule has 0 aliphatic carbocycles. The van der Waals surface area contributed by atoms with Gasteiger partial charge in [0.2, 0.25) is 5.78 Å². The van der Waals surface area contributed by atoms with Crippen LogP contribution in [0, 0.1) is 0 Å². The molecule has 0 N–H and O–H groups in total. The van der Waals surface area contributed by atoms with Gasteiger partial charge in [-0.1, -0.05) is 0 Å². The number of ketones is 1. The lowest BCUT2D eigenvalue weighted by atomic mass is 10.2. The van der Waals surface area contributed by atoms with Crippen molar-refractivity contribution in [2.24, 2.45) is 0 Å². The SMILES string of the molecule is O=C(C1=CCCO1)c1ncccc1Br. The lowest BCUT2D eigenvalue weighted by Crippen LogP contribution is -2.06. The first-order valence-electron chi connectivity index (χ1n) is 4.27. The fourth-order valence-corrected chi connectivity index (χ4v) is 1.68. The molecular weight excluding hydrogens is 246 g/mol. The van der Waals surface area contributed by atoms with Gasteiger partial charge in [-0.15, -0.1) is 0 Å². The standard InChI is InChI=1S/C10H8BrNO2/c11-7-3-1-5-12-9(7)10(13)8-4-2-6-14-8/h1,3-5H,2,6H2. The van der Waals surface area contributed by atoms with E-state index in [4.69, 9.17) is 4.74 Å². The van der Waals surface area contributed by atoms with Crippen molar-refractivity contribution >= 4 is 21.7 Å². The molecule has 0 saturated heterocycles. The van der Waals surface area contributed by atoms with Crippen molar-refractivity contribution in [1.29, 1.82) is 0 Å². The number of nitrogens with zero attached hydrogens (tertiary/aromatic N) is 1. The Bertz CT molecular complexity index is 401. The lowest BCUT2D eigenvalue weighted by Gasteiger charge is -2.03. The van der Waals surface area contributed by atoms with Crippen molar-refractivity contribution in [3.63, 3.8) is 0 Å². The Kier molecular flexibility index (Phi) is 2.63. The van der Waals surface area contributed by atoms with Crippen LogP contribution in [-0.4, -0.2) is 17.4 Å². The zero-order chi connectivity index (χ0) is 9.97. The topological polar surface area (TPSA) is 39.2 Å². The molecular formula is C10H8BrNO2. The lowest BCUT2D eigenvalue weighted by molar-refractivity contribution is 0.0936. The zero-order valence-electron chi connectivity index (χ0n) is 7.37. The Hall–Kier alpha value is -1.16. The highest BCUT2D eigenvalue weighted by molar-refractivity contribution is 9.10. The van der Waals surface area contributed by atoms with E-state index in [2.05, 4.69) is 20.9 Å². The first kappa shape index (κ1) is 9.40. The molecule has 2 heterocycles. The van der Waals surface area contributed by atoms with Crippen LogP contribution in [0.25, 0.3) is 0 Å². The minimum atomic E-state index is -0.157. The molecule has 4 heteroatoms. The van der Waals surface area contributed by atoms with Gasteiger partial charge in [-0.05, 0) is 34.1 Å². The van der Waals surface area contributed by atoms with E-state index in [0.717, 1.165) is 6.42 Å². The smallest absolute Gasteiger partial charge is 0.246 e. The third-order valence-corrected chi connectivity index (χ3v) is 2.54. The molecule has 0 fully saturated rings. The van der Waals surface area contributed by atoms with Crippen molar-refractivity contribution in [2.75, 3.05) is 6.61 Å². The average molecular weight is 254 g/mol. The van der Waals surface area contributed by atoms with Crippen LogP contribution < -0.4 is 0 Å². The van der Waals surface area contributed by atoms with Crippen molar-refractivity contribution in [1.82, 2.24) is 4.98 Å². The summed E-state index contributed by atoms with van der Waals surface area (Å²) in [6, 6.07) is 3.56. The minimum absolute atomic E-state index is 0.157. The van der Waals surface area contributed by atoms with Gasteiger partial charge in [0.1, 0.15) is 5.69 Å². The molecule has 72 valence electrons. The van der Waals surface area contributed by atoms with Crippen LogP contribution in [0.3, 0.4) is 0 Å². The summed E-state index contributed by atoms with van der Waals surface area (Å²) in [4.78, 5) is 15.8. The molecule has 1 aromatic rings. The van der Waals surface area contributed by atoms with Crippen LogP contribution in [0.4, 0.5) is 0 Å². The monoisotopic (exact) mass is 253 g/mol. The second kappa shape index (κ2) is 3.92. The van der Waals surface area contributed by atoms with Gasteiger partial charge in [0, 0.05) is 17.1 Å². The molecule has 0 bridgehead atoms. The van der Waals surface area contributed by atoms with Gasteiger partial charge in [0.05, 0.1) is 6.61 Å². The molecule has 0 radical (unpaired) electrons. The number of halogens is 1. The fraction of sp³-hybridized carbons (Fsp3) is 0.200. The molecule has 0 unspecified atom stereocenters. The van der Waals surface area contributed by atoms with Gasteiger partial charge in [0.15, 0.2) is 5.76 Å². The van der Waals surface area contributed by atoms with Crippen LogP contribution in [0.1, 0.15) is 16.9 Å². The molecule has 0 aromatic carbocycles. The van der Waals surface area contributed by atoms with E-state index in [-0.39, 0.29) is 5.78 Å². The van der Waals surface area contributed by atoms with Crippen molar-refractivity contribution in [3.8, 4) is 0 Å². The Morgan fingerprint density at radius 1 is 1.57 bits per heavy atom. The summed E-state index contributed by atoms with van der Waals surface area (Å²) in [5.41, 5.74) is 0.403. The first-order valence-corrected chi connectivity index (χ1v) is 5.06. The van der Waals surface area contributed by atoms with Gasteiger partial charge >= 0.3 is 0 Å². The van der Waals surface area contributed by atoms with Gasteiger partial charge in [-0.3, -0.25) is 9.78 Å². The molecule has 1 aliphatic rings. The number of aromatic nitrogens is 1. The summed E-state index contributed by atoms with van der Waals surface area (Å²) < 4.78 is 5.87. The van der Waals surface area contributed by atoms with Crippen molar-refractivity contribution in [3.05, 3.63) is 40.3 Å². The highest BCUT2D eigenvalue weighted by atomic mass is 79.9. The number of hydrogen-bond acceptors (Lipinski definition) is 3. The second-order valence-electron chi connectivity index (χ2n) is 2.87. The van der Waals surface area contributed by atoms with Crippen LogP contribution in [0.2, 0.25) is 0 Å². The third-order valence-electron chi connectivity index (χ3n) is 1.90. The maximum Gasteiger partial charge on any atom is 0.246 e. The number of carbonyl (C=O) groups is 1. The summed E-state index contributed by atoms with van der Waals surface area (Å²) in [6.07, 6.45) is 4.18. The van der Waals surface area contributed by atoms with Gasteiger partial charge in [-0.25, -0.2) is 0 Å². The molecule has 1 aromatic heterocycles. The summed E-state index contributed by atoms with van der Waals surface area (Å²) in [7, 11) is 0. The Morgan fingerprint density at radius 3 is 3.07 bits per heavy atom. The molecule has 3 nitrogen and oxygen atoms in total. The maximum atomic E-state index is 11.8. The van der Waals surface area contributed by atoms with E-state index in [0.29, 0.717) is 22.5 Å². The average Bonchev–Trinajstić information content (AvgIpc) is 2.70. The predicted molar refractivity (Wildman–Crippen MR) is 54.9 cm³/mol. The van der Waals surface area contributed by atoms with Crippen LogP contribution in [0.15, 0.2) is 34.6 Å². The molecule has 2 rings (SSSR count). The van der Waals surface area contributed by atoms with E-state index >= 15 is 0 Å². The molecule has 0 amide bonds. The van der Waals surface area contributed by atoms with Crippen LogP contribution in [-0.2, 0) is 4.74 Å². The normalized spacial score (nSPS) is 14.8. The van der Waals surface area contributed by atoms with Crippen molar-refractivity contribution in [2.45, 2.75) is 6.42 Å². The molecule has 0 atom stereocenters. The Labute approximate surface area is 89.9 Å². The van der Waals surface area contributed by atoms with E-state index in [1.165, 1.54) is 0 Å². The summed E-state index contributed by atoms with van der Waals surface area (Å²) in [6.45, 7) is 0.589. The number of carbonyl (C=O) groups excluding carboxylic acids is 1. The maximum absolute atomic E-state index is 11.8. The largest absolute Gasteiger partial charge is 0.489 e. The molecule has 0 spiro atoms. The number of allylic oxidation sites excluding steroid dienone is 1. The van der Waals surface area contributed by atoms with Crippen LogP contribution >= 0.6 is 15.9 Å². The van der Waals surface area contributed by atoms with E-state index in [1.54, 1.807) is 24.4 Å². The van der Waals surface area contributed by atoms with E-state index < -0.39 is 0 Å². The van der Waals surface area contributed by atoms with Gasteiger partial charge in [0.25, 0.3) is 0 Å². The Morgan fingerprint density at radius 2 is 2.43 bits per heavy atom. The van der Waals surface area contributed by atoms with E-state index in [1.807, 2.05) is 0 Å². The summed E-state index contributed by atoms with van der Waals surface area (Å²) in [5, 5.41) is 0. The summed E-state index contributed by atoms with van der Waals surface area (Å²) >= 11 is 3.28. The van der Waals surface area contributed by atoms with Gasteiger partial charge in [-0.2, -0.15) is 0 Å². The minimum Gasteiger partial charge on any atom is -0.489 e. The molecule has 0 saturated carbocycles. The van der Waals surface area contributed by atoms with Crippen LogP contribution in [0.5, 0.6) is 0 Å². The fourth-order valence-electron chi connectivity index (χ4n) is 1.25. The zero-order valence-corrected chi connectivity index (χ0v) is 8.95. The number of hydrogen-bond donors (Lipinski definition) is 0. The number of pyridine rings is 1. The highest BCUT2D eigenvalue weighted by Crippen LogP contribution is 2.20. The molecule has 1 aliphatic heterocycles. The Balaban J connectivity index is 2.31. The second-order valence-corrected chi connectivity index (χ2v) is 3.72. The highest BCUT2D eigenvalue weighted by Gasteiger charge is 2.19. The number of ether oxygens (including phenoxy) is 1.